The Balaban J connectivity index is 3.09. The van der Waals surface area contributed by atoms with Gasteiger partial charge in [-0.3, -0.25) is 4.84 Å². The van der Waals surface area contributed by atoms with Crippen LogP contribution in [0.1, 0.15) is 11.1 Å². The molecular formula is C8H10BrNO2. The van der Waals surface area contributed by atoms with E-state index < -0.39 is 0 Å². The largest absolute Gasteiger partial charge is 0.507 e. The van der Waals surface area contributed by atoms with Crippen LogP contribution in [0, 0.1) is 6.92 Å². The van der Waals surface area contributed by atoms with Crippen molar-refractivity contribution in [3.05, 3.63) is 27.7 Å². The van der Waals surface area contributed by atoms with E-state index in [1.807, 2.05) is 13.0 Å². The average Bonchev–Trinajstić information content (AvgIpc) is 2.00. The first-order valence-electron chi connectivity index (χ1n) is 3.45. The monoisotopic (exact) mass is 231 g/mol. The minimum atomic E-state index is 0.214. The molecule has 4 heteroatoms. The fourth-order valence-electron chi connectivity index (χ4n) is 1.00. The van der Waals surface area contributed by atoms with Gasteiger partial charge in [0.1, 0.15) is 5.75 Å². The van der Waals surface area contributed by atoms with Gasteiger partial charge >= 0.3 is 0 Å². The predicted octanol–water partition coefficient (Wildman–Crippen LogP) is 1.85. The minimum absolute atomic E-state index is 0.214. The van der Waals surface area contributed by atoms with Crippen LogP contribution < -0.4 is 5.90 Å². The van der Waals surface area contributed by atoms with Gasteiger partial charge in [0, 0.05) is 10.0 Å². The van der Waals surface area contributed by atoms with Gasteiger partial charge in [-0.05, 0) is 24.6 Å². The Morgan fingerprint density at radius 1 is 1.58 bits per heavy atom. The van der Waals surface area contributed by atoms with Crippen molar-refractivity contribution >= 4 is 15.9 Å². The van der Waals surface area contributed by atoms with Crippen molar-refractivity contribution in [1.82, 2.24) is 0 Å². The Morgan fingerprint density at radius 2 is 2.25 bits per heavy atom. The first-order valence-corrected chi connectivity index (χ1v) is 4.24. The normalized spacial score (nSPS) is 10.2. The second-order valence-corrected chi connectivity index (χ2v) is 3.46. The highest BCUT2D eigenvalue weighted by Gasteiger charge is 2.05. The summed E-state index contributed by atoms with van der Waals surface area (Å²) < 4.78 is 0.907. The molecule has 0 aliphatic rings. The number of aryl methyl sites for hydroxylation is 1. The number of phenols is 1. The number of aromatic hydroxyl groups is 1. The predicted molar refractivity (Wildman–Crippen MR) is 49.5 cm³/mol. The van der Waals surface area contributed by atoms with Gasteiger partial charge in [0.2, 0.25) is 0 Å². The lowest BCUT2D eigenvalue weighted by Crippen LogP contribution is -1.99. The van der Waals surface area contributed by atoms with E-state index >= 15 is 0 Å². The maximum absolute atomic E-state index is 9.50. The van der Waals surface area contributed by atoms with Crippen molar-refractivity contribution in [3.63, 3.8) is 0 Å². The zero-order chi connectivity index (χ0) is 9.14. The van der Waals surface area contributed by atoms with Crippen LogP contribution in [-0.4, -0.2) is 5.11 Å². The molecule has 0 aliphatic carbocycles. The smallest absolute Gasteiger partial charge is 0.124 e. The summed E-state index contributed by atoms with van der Waals surface area (Å²) >= 11 is 3.31. The van der Waals surface area contributed by atoms with Crippen molar-refractivity contribution in [2.75, 3.05) is 0 Å². The van der Waals surface area contributed by atoms with Gasteiger partial charge in [-0.15, -0.1) is 0 Å². The third-order valence-electron chi connectivity index (χ3n) is 1.58. The number of phenolic OH excluding ortho intramolecular Hbond substituents is 1. The highest BCUT2D eigenvalue weighted by atomic mass is 79.9. The van der Waals surface area contributed by atoms with E-state index in [1.165, 1.54) is 0 Å². The molecule has 0 spiro atoms. The Hall–Kier alpha value is -0.580. The maximum atomic E-state index is 9.50. The lowest BCUT2D eigenvalue weighted by Gasteiger charge is -2.06. The maximum Gasteiger partial charge on any atom is 0.124 e. The number of benzene rings is 1. The van der Waals surface area contributed by atoms with Crippen LogP contribution in [0.4, 0.5) is 0 Å². The zero-order valence-corrected chi connectivity index (χ0v) is 8.26. The van der Waals surface area contributed by atoms with Crippen LogP contribution in [0.5, 0.6) is 5.75 Å². The van der Waals surface area contributed by atoms with Crippen LogP contribution in [0.3, 0.4) is 0 Å². The Bertz CT molecular complexity index is 289. The van der Waals surface area contributed by atoms with Crippen LogP contribution in [0.2, 0.25) is 0 Å². The highest BCUT2D eigenvalue weighted by Crippen LogP contribution is 2.26. The quantitative estimate of drug-likeness (QED) is 0.765. The van der Waals surface area contributed by atoms with E-state index in [0.717, 1.165) is 10.0 Å². The summed E-state index contributed by atoms with van der Waals surface area (Å²) in [6, 6.07) is 3.60. The van der Waals surface area contributed by atoms with E-state index in [0.29, 0.717) is 5.56 Å². The molecule has 0 heterocycles. The SMILES string of the molecule is Cc1cc(Br)cc(CON)c1O. The molecule has 1 rings (SSSR count). The van der Waals surface area contributed by atoms with E-state index in [4.69, 9.17) is 5.90 Å². The molecule has 3 N–H and O–H groups in total. The van der Waals surface area contributed by atoms with E-state index in [1.54, 1.807) is 6.07 Å². The summed E-state index contributed by atoms with van der Waals surface area (Å²) in [5.41, 5.74) is 1.49. The fraction of sp³-hybridized carbons (Fsp3) is 0.250. The average molecular weight is 232 g/mol. The molecule has 1 aromatic carbocycles. The molecule has 0 saturated carbocycles. The van der Waals surface area contributed by atoms with Crippen LogP contribution in [0.15, 0.2) is 16.6 Å². The first kappa shape index (κ1) is 9.51. The van der Waals surface area contributed by atoms with Crippen LogP contribution in [-0.2, 0) is 11.4 Å². The Kier molecular flexibility index (Phi) is 3.08. The second kappa shape index (κ2) is 3.89. The van der Waals surface area contributed by atoms with Gasteiger partial charge in [0.05, 0.1) is 6.61 Å². The van der Waals surface area contributed by atoms with Gasteiger partial charge in [-0.25, -0.2) is 5.90 Å². The van der Waals surface area contributed by atoms with Crippen LogP contribution >= 0.6 is 15.9 Å². The lowest BCUT2D eigenvalue weighted by atomic mass is 10.1. The fourth-order valence-corrected chi connectivity index (χ4v) is 1.62. The number of rotatable bonds is 2. The topological polar surface area (TPSA) is 55.5 Å². The molecular weight excluding hydrogens is 222 g/mol. The van der Waals surface area contributed by atoms with Gasteiger partial charge in [0.15, 0.2) is 0 Å². The molecule has 3 nitrogen and oxygen atoms in total. The number of hydrogen-bond acceptors (Lipinski definition) is 3. The van der Waals surface area contributed by atoms with Crippen molar-refractivity contribution in [1.29, 1.82) is 0 Å². The Morgan fingerprint density at radius 3 is 2.83 bits per heavy atom. The lowest BCUT2D eigenvalue weighted by molar-refractivity contribution is 0.122. The van der Waals surface area contributed by atoms with Gasteiger partial charge < -0.3 is 5.11 Å². The minimum Gasteiger partial charge on any atom is -0.507 e. The summed E-state index contributed by atoms with van der Waals surface area (Å²) in [5.74, 6) is 5.14. The summed E-state index contributed by atoms with van der Waals surface area (Å²) in [7, 11) is 0. The first-order chi connectivity index (χ1) is 5.65. The van der Waals surface area contributed by atoms with Gasteiger partial charge in [0.25, 0.3) is 0 Å². The molecule has 0 saturated heterocycles. The van der Waals surface area contributed by atoms with E-state index in [-0.39, 0.29) is 12.4 Å². The standard InChI is InChI=1S/C8H10BrNO2/c1-5-2-7(9)3-6(4-12-10)8(5)11/h2-3,11H,4,10H2,1H3. The van der Waals surface area contributed by atoms with Gasteiger partial charge in [-0.2, -0.15) is 0 Å². The molecule has 1 aromatic rings. The summed E-state index contributed by atoms with van der Waals surface area (Å²) in [6.45, 7) is 2.03. The molecule has 0 fully saturated rings. The molecule has 0 radical (unpaired) electrons. The molecule has 0 aliphatic heterocycles. The Labute approximate surface area is 79.2 Å². The molecule has 0 unspecified atom stereocenters. The van der Waals surface area contributed by atoms with E-state index in [9.17, 15) is 5.11 Å². The zero-order valence-electron chi connectivity index (χ0n) is 6.67. The summed E-state index contributed by atoms with van der Waals surface area (Å²) in [6.07, 6.45) is 0. The molecule has 0 aromatic heterocycles. The number of nitrogens with two attached hydrogens (primary N) is 1. The van der Waals surface area contributed by atoms with Crippen molar-refractivity contribution in [2.24, 2.45) is 5.90 Å². The third-order valence-corrected chi connectivity index (χ3v) is 2.04. The van der Waals surface area contributed by atoms with Crippen LogP contribution in [0.25, 0.3) is 0 Å². The summed E-state index contributed by atoms with van der Waals surface area (Å²) in [4.78, 5) is 4.44. The van der Waals surface area contributed by atoms with Crippen molar-refractivity contribution < 1.29 is 9.94 Å². The highest BCUT2D eigenvalue weighted by molar-refractivity contribution is 9.10. The molecule has 0 amide bonds. The number of halogens is 1. The number of hydrogen-bond donors (Lipinski definition) is 2. The molecule has 0 bridgehead atoms. The van der Waals surface area contributed by atoms with Gasteiger partial charge in [-0.1, -0.05) is 15.9 Å². The molecule has 12 heavy (non-hydrogen) atoms. The van der Waals surface area contributed by atoms with E-state index in [2.05, 4.69) is 20.8 Å². The molecule has 0 atom stereocenters. The summed E-state index contributed by atoms with van der Waals surface area (Å²) in [5, 5.41) is 9.50. The third kappa shape index (κ3) is 1.97. The van der Waals surface area contributed by atoms with Crippen molar-refractivity contribution in [2.45, 2.75) is 13.5 Å². The van der Waals surface area contributed by atoms with Crippen molar-refractivity contribution in [3.8, 4) is 5.75 Å². The second-order valence-electron chi connectivity index (χ2n) is 2.54. The molecule has 66 valence electrons.